The Balaban J connectivity index is 0.00000205. The molecular weight excluding hydrogens is 599 g/mol. The van der Waals surface area contributed by atoms with Gasteiger partial charge in [0, 0.05) is 59.5 Å². The summed E-state index contributed by atoms with van der Waals surface area (Å²) in [5.41, 5.74) is 12.7. The average Bonchev–Trinajstić information content (AvgIpc) is 3.14. The van der Waals surface area contributed by atoms with E-state index in [-0.39, 0.29) is 5.43 Å². The minimum atomic E-state index is 0.0204. The number of nitrogens with zero attached hydrogens (tertiary/aromatic N) is 3. The number of hydrogen-bond acceptors (Lipinski definition) is 3. The van der Waals surface area contributed by atoms with Gasteiger partial charge in [-0.05, 0) is 83.8 Å². The monoisotopic (exact) mass is 641 g/mol. The van der Waals surface area contributed by atoms with Gasteiger partial charge in [-0.3, -0.25) is 9.78 Å². The molecule has 7 rings (SSSR count). The van der Waals surface area contributed by atoms with Crippen LogP contribution >= 0.6 is 0 Å². The summed E-state index contributed by atoms with van der Waals surface area (Å²) in [6.45, 7) is 14.5. The molecule has 0 aliphatic heterocycles. The fraction of sp³-hybridized carbons (Fsp3) is 0.156. The van der Waals surface area contributed by atoms with Gasteiger partial charge in [0.05, 0.1) is 16.7 Å². The second-order valence-corrected chi connectivity index (χ2v) is 12.2. The third-order valence-electron chi connectivity index (χ3n) is 9.44. The Labute approximate surface area is 289 Å². The van der Waals surface area contributed by atoms with Crippen molar-refractivity contribution in [2.24, 2.45) is 7.05 Å². The fourth-order valence-electron chi connectivity index (χ4n) is 7.18. The van der Waals surface area contributed by atoms with E-state index < -0.39 is 0 Å². The van der Waals surface area contributed by atoms with Gasteiger partial charge in [-0.25, -0.2) is 0 Å². The van der Waals surface area contributed by atoms with Gasteiger partial charge in [-0.1, -0.05) is 105 Å². The SMILES string of the molecule is C=Cc1cc2c(cc1N(C)c1c(C)cccc1-c1cccc3cnccc13)c(=O)c1cccc(-c3cccc(C)c3/C=C\C)c1n2C.CC. The third kappa shape index (κ3) is 5.63. The molecule has 49 heavy (non-hydrogen) atoms. The Morgan fingerprint density at radius 2 is 1.45 bits per heavy atom. The van der Waals surface area contributed by atoms with E-state index in [1.807, 2.05) is 57.4 Å². The van der Waals surface area contributed by atoms with Crippen molar-refractivity contribution in [2.45, 2.75) is 34.6 Å². The highest BCUT2D eigenvalue weighted by atomic mass is 16.1. The Morgan fingerprint density at radius 3 is 2.20 bits per heavy atom. The maximum atomic E-state index is 14.4. The normalized spacial score (nSPS) is 11.2. The highest BCUT2D eigenvalue weighted by molar-refractivity contribution is 6.05. The van der Waals surface area contributed by atoms with Crippen LogP contribution in [0.2, 0.25) is 0 Å². The van der Waals surface area contributed by atoms with E-state index in [0.717, 1.165) is 72.1 Å². The highest BCUT2D eigenvalue weighted by Crippen LogP contribution is 2.42. The lowest BCUT2D eigenvalue weighted by Crippen LogP contribution is -2.16. The Morgan fingerprint density at radius 1 is 0.776 bits per heavy atom. The van der Waals surface area contributed by atoms with Crippen LogP contribution in [0.3, 0.4) is 0 Å². The van der Waals surface area contributed by atoms with Crippen molar-refractivity contribution in [3.8, 4) is 22.3 Å². The molecule has 0 spiro atoms. The van der Waals surface area contributed by atoms with Crippen LogP contribution in [-0.2, 0) is 7.05 Å². The first-order valence-corrected chi connectivity index (χ1v) is 16.9. The Kier molecular flexibility index (Phi) is 9.33. The molecule has 0 amide bonds. The zero-order valence-corrected chi connectivity index (χ0v) is 29.5. The van der Waals surface area contributed by atoms with Crippen molar-refractivity contribution in [3.63, 3.8) is 0 Å². The maximum Gasteiger partial charge on any atom is 0.197 e. The molecule has 0 saturated carbocycles. The van der Waals surface area contributed by atoms with E-state index in [1.54, 1.807) is 0 Å². The molecule has 0 unspecified atom stereocenters. The molecule has 4 nitrogen and oxygen atoms in total. The second kappa shape index (κ2) is 13.8. The number of hydrogen-bond donors (Lipinski definition) is 0. The molecule has 0 atom stereocenters. The number of para-hydroxylation sites is 2. The summed E-state index contributed by atoms with van der Waals surface area (Å²) in [4.78, 5) is 21.0. The summed E-state index contributed by atoms with van der Waals surface area (Å²) in [6, 6.07) is 31.4. The number of aryl methyl sites for hydroxylation is 3. The summed E-state index contributed by atoms with van der Waals surface area (Å²) >= 11 is 0. The van der Waals surface area contributed by atoms with Gasteiger partial charge in [0.15, 0.2) is 5.43 Å². The number of aromatic nitrogens is 2. The van der Waals surface area contributed by atoms with E-state index in [1.165, 1.54) is 5.56 Å². The minimum absolute atomic E-state index is 0.0204. The first-order valence-electron chi connectivity index (χ1n) is 16.9. The smallest absolute Gasteiger partial charge is 0.197 e. The molecule has 2 aromatic heterocycles. The van der Waals surface area contributed by atoms with Crippen molar-refractivity contribution in [2.75, 3.05) is 11.9 Å². The van der Waals surface area contributed by atoms with Crippen LogP contribution in [-0.4, -0.2) is 16.6 Å². The molecule has 244 valence electrons. The topological polar surface area (TPSA) is 38.1 Å². The fourth-order valence-corrected chi connectivity index (χ4v) is 7.18. The second-order valence-electron chi connectivity index (χ2n) is 12.2. The summed E-state index contributed by atoms with van der Waals surface area (Å²) in [5, 5.41) is 3.61. The van der Waals surface area contributed by atoms with E-state index in [9.17, 15) is 4.79 Å². The molecule has 0 fully saturated rings. The van der Waals surface area contributed by atoms with Crippen LogP contribution < -0.4 is 10.3 Å². The molecule has 0 aliphatic carbocycles. The summed E-state index contributed by atoms with van der Waals surface area (Å²) < 4.78 is 2.17. The number of anilines is 2. The lowest BCUT2D eigenvalue weighted by atomic mass is 9.93. The lowest BCUT2D eigenvalue weighted by Gasteiger charge is -2.28. The van der Waals surface area contributed by atoms with Crippen LogP contribution in [0.25, 0.3) is 67.0 Å². The van der Waals surface area contributed by atoms with E-state index in [0.29, 0.717) is 10.8 Å². The third-order valence-corrected chi connectivity index (χ3v) is 9.44. The summed E-state index contributed by atoms with van der Waals surface area (Å²) in [6.07, 6.45) is 9.85. The van der Waals surface area contributed by atoms with E-state index >= 15 is 0 Å². The van der Waals surface area contributed by atoms with Crippen LogP contribution in [0.4, 0.5) is 11.4 Å². The van der Waals surface area contributed by atoms with Crippen molar-refractivity contribution >= 4 is 56.1 Å². The highest BCUT2D eigenvalue weighted by Gasteiger charge is 2.21. The van der Waals surface area contributed by atoms with Gasteiger partial charge in [0.2, 0.25) is 0 Å². The standard InChI is InChI=1S/C43H37N3O.C2H6/c1-7-13-31-27(3)14-9-17-33(31)36-20-12-21-37-42(36)46(6)40-24-29(8-2)39(25-38(40)43(37)47)45(5)41-28(4)15-10-19-35(41)34-18-11-16-30-26-44-23-22-32(30)34;1-2/h7-26H,2H2,1,3-6H3;1-2H3/b13-7-;. The first kappa shape index (κ1) is 33.2. The number of fused-ring (bicyclic) bond motifs is 3. The van der Waals surface area contributed by atoms with Crippen molar-refractivity contribution in [1.29, 1.82) is 0 Å². The van der Waals surface area contributed by atoms with Gasteiger partial charge in [-0.15, -0.1) is 0 Å². The van der Waals surface area contributed by atoms with Gasteiger partial charge >= 0.3 is 0 Å². The molecule has 7 aromatic rings. The van der Waals surface area contributed by atoms with Crippen LogP contribution in [0.5, 0.6) is 0 Å². The van der Waals surface area contributed by atoms with Crippen LogP contribution in [0.15, 0.2) is 121 Å². The van der Waals surface area contributed by atoms with Gasteiger partial charge in [0.1, 0.15) is 0 Å². The zero-order valence-electron chi connectivity index (χ0n) is 29.5. The van der Waals surface area contributed by atoms with Crippen LogP contribution in [0.1, 0.15) is 43.0 Å². The van der Waals surface area contributed by atoms with Gasteiger partial charge in [0.25, 0.3) is 0 Å². The molecule has 2 heterocycles. The molecule has 0 N–H and O–H groups in total. The first-order chi connectivity index (χ1) is 23.8. The summed E-state index contributed by atoms with van der Waals surface area (Å²) in [5.74, 6) is 0. The van der Waals surface area contributed by atoms with Crippen molar-refractivity contribution in [1.82, 2.24) is 9.55 Å². The van der Waals surface area contributed by atoms with E-state index in [4.69, 9.17) is 0 Å². The molecular formula is C45H43N3O. The number of pyridine rings is 2. The molecule has 0 radical (unpaired) electrons. The molecule has 5 aromatic carbocycles. The average molecular weight is 642 g/mol. The number of rotatable bonds is 6. The predicted molar refractivity (Wildman–Crippen MR) is 213 cm³/mol. The zero-order chi connectivity index (χ0) is 34.8. The van der Waals surface area contributed by atoms with Crippen LogP contribution in [0, 0.1) is 13.8 Å². The maximum absolute atomic E-state index is 14.4. The predicted octanol–water partition coefficient (Wildman–Crippen LogP) is 11.7. The minimum Gasteiger partial charge on any atom is -0.343 e. The molecule has 4 heteroatoms. The Bertz CT molecular complexity index is 2460. The van der Waals surface area contributed by atoms with Crippen molar-refractivity contribution in [3.05, 3.63) is 149 Å². The number of benzene rings is 5. The molecule has 0 bridgehead atoms. The Hall–Kier alpha value is -5.74. The van der Waals surface area contributed by atoms with Gasteiger partial charge in [-0.2, -0.15) is 0 Å². The van der Waals surface area contributed by atoms with Crippen molar-refractivity contribution < 1.29 is 0 Å². The lowest BCUT2D eigenvalue weighted by molar-refractivity contribution is 1.00. The summed E-state index contributed by atoms with van der Waals surface area (Å²) in [7, 11) is 4.14. The van der Waals surface area contributed by atoms with Gasteiger partial charge < -0.3 is 9.47 Å². The van der Waals surface area contributed by atoms with E-state index in [2.05, 4.69) is 134 Å². The molecule has 0 saturated heterocycles. The largest absolute Gasteiger partial charge is 0.343 e. The molecule has 0 aliphatic rings. The quantitative estimate of drug-likeness (QED) is 0.170. The number of allylic oxidation sites excluding steroid dienone is 1.